The van der Waals surface area contributed by atoms with E-state index < -0.39 is 23.4 Å². The smallest absolute Gasteiger partial charge is 0.270 e. The van der Waals surface area contributed by atoms with Gasteiger partial charge in [0.2, 0.25) is 5.78 Å². The molecule has 1 aliphatic heterocycles. The van der Waals surface area contributed by atoms with Gasteiger partial charge in [0.15, 0.2) is 10.9 Å². The number of benzene rings is 4. The summed E-state index contributed by atoms with van der Waals surface area (Å²) in [5.41, 5.74) is 1.61. The Morgan fingerprint density at radius 3 is 2.32 bits per heavy atom. The molecule has 0 aliphatic carbocycles. The largest absolute Gasteiger partial charge is 0.457 e. The lowest BCUT2D eigenvalue weighted by molar-refractivity contribution is -0.122. The first-order valence-corrected chi connectivity index (χ1v) is 12.8. The quantitative estimate of drug-likeness (QED) is 0.111. The summed E-state index contributed by atoms with van der Waals surface area (Å²) in [6, 6.07) is 27.8. The molecule has 9 heteroatoms. The lowest BCUT2D eigenvalue weighted by Crippen LogP contribution is -2.54. The van der Waals surface area contributed by atoms with Crippen molar-refractivity contribution in [3.8, 4) is 11.5 Å². The van der Waals surface area contributed by atoms with Crippen molar-refractivity contribution in [2.45, 2.75) is 0 Å². The molecular formula is C32H19FN2O5S. The van der Waals surface area contributed by atoms with Gasteiger partial charge < -0.3 is 9.15 Å². The Labute approximate surface area is 238 Å². The molecule has 200 valence electrons. The van der Waals surface area contributed by atoms with Crippen LogP contribution in [-0.4, -0.2) is 22.7 Å². The molecular weight excluding hydrogens is 543 g/mol. The van der Waals surface area contributed by atoms with E-state index in [-0.39, 0.29) is 22.0 Å². The maximum Gasteiger partial charge on any atom is 0.270 e. The van der Waals surface area contributed by atoms with Crippen LogP contribution in [0.15, 0.2) is 113 Å². The fourth-order valence-electron chi connectivity index (χ4n) is 4.35. The predicted molar refractivity (Wildman–Crippen MR) is 155 cm³/mol. The second-order valence-electron chi connectivity index (χ2n) is 9.11. The van der Waals surface area contributed by atoms with Crippen LogP contribution < -0.4 is 15.0 Å². The molecule has 0 bridgehead atoms. The third-order valence-electron chi connectivity index (χ3n) is 6.36. The zero-order chi connectivity index (χ0) is 28.5. The van der Waals surface area contributed by atoms with Crippen LogP contribution in [0, 0.1) is 5.82 Å². The van der Waals surface area contributed by atoms with Crippen LogP contribution in [0.5, 0.6) is 11.5 Å². The Morgan fingerprint density at radius 1 is 0.878 bits per heavy atom. The fourth-order valence-corrected chi connectivity index (χ4v) is 4.63. The average Bonchev–Trinajstić information content (AvgIpc) is 3.40. The predicted octanol–water partition coefficient (Wildman–Crippen LogP) is 6.43. The standard InChI is InChI=1S/C32H19FN2O5S/c33-22-9-7-20(8-10-22)29(36)28-18-21-16-19(6-15-27(21)40-28)17-26-30(37)34-32(41)35(31(26)38)23-11-13-25(14-12-23)39-24-4-2-1-3-5-24/h1-18H,(H,34,37,41)/b26-17+. The van der Waals surface area contributed by atoms with Crippen LogP contribution in [0.2, 0.25) is 0 Å². The average molecular weight is 563 g/mol. The molecule has 1 fully saturated rings. The number of halogens is 1. The van der Waals surface area contributed by atoms with Crippen LogP contribution in [0.3, 0.4) is 0 Å². The number of ketones is 1. The molecule has 41 heavy (non-hydrogen) atoms. The van der Waals surface area contributed by atoms with Crippen molar-refractivity contribution >= 4 is 57.7 Å². The Morgan fingerprint density at radius 2 is 1.59 bits per heavy atom. The summed E-state index contributed by atoms with van der Waals surface area (Å²) in [5.74, 6) is -0.732. The van der Waals surface area contributed by atoms with Crippen LogP contribution in [0.4, 0.5) is 10.1 Å². The number of amides is 2. The molecule has 0 atom stereocenters. The van der Waals surface area contributed by atoms with E-state index in [0.717, 1.165) is 0 Å². The zero-order valence-corrected chi connectivity index (χ0v) is 22.0. The zero-order valence-electron chi connectivity index (χ0n) is 21.2. The normalized spacial score (nSPS) is 14.4. The number of furan rings is 1. The van der Waals surface area contributed by atoms with Crippen molar-refractivity contribution in [1.29, 1.82) is 0 Å². The first-order chi connectivity index (χ1) is 19.9. The Balaban J connectivity index is 1.25. The number of rotatable bonds is 6. The van der Waals surface area contributed by atoms with E-state index in [1.165, 1.54) is 35.2 Å². The van der Waals surface area contributed by atoms with Crippen LogP contribution in [0.1, 0.15) is 21.7 Å². The summed E-state index contributed by atoms with van der Waals surface area (Å²) in [5, 5.41) is 3.12. The molecule has 0 saturated carbocycles. The highest BCUT2D eigenvalue weighted by Crippen LogP contribution is 2.28. The molecule has 1 aromatic heterocycles. The molecule has 2 amide bonds. The summed E-state index contributed by atoms with van der Waals surface area (Å²) >= 11 is 5.31. The fraction of sp³-hybridized carbons (Fsp3) is 0. The van der Waals surface area contributed by atoms with Gasteiger partial charge in [0.05, 0.1) is 5.69 Å². The second kappa shape index (κ2) is 10.6. The minimum Gasteiger partial charge on any atom is -0.457 e. The van der Waals surface area contributed by atoms with Crippen molar-refractivity contribution in [2.24, 2.45) is 0 Å². The molecule has 1 aliphatic rings. The van der Waals surface area contributed by atoms with Gasteiger partial charge in [-0.3, -0.25) is 24.6 Å². The maximum absolute atomic E-state index is 13.5. The topological polar surface area (TPSA) is 88.8 Å². The first-order valence-electron chi connectivity index (χ1n) is 12.4. The molecule has 0 radical (unpaired) electrons. The third kappa shape index (κ3) is 5.26. The van der Waals surface area contributed by atoms with Crippen molar-refractivity contribution < 1.29 is 27.9 Å². The molecule has 4 aromatic carbocycles. The molecule has 0 spiro atoms. The van der Waals surface area contributed by atoms with Crippen molar-refractivity contribution in [1.82, 2.24) is 5.32 Å². The number of para-hydroxylation sites is 1. The molecule has 5 aromatic rings. The molecule has 6 rings (SSSR count). The lowest BCUT2D eigenvalue weighted by Gasteiger charge is -2.29. The van der Waals surface area contributed by atoms with Crippen molar-refractivity contribution in [3.63, 3.8) is 0 Å². The van der Waals surface area contributed by atoms with E-state index in [1.54, 1.807) is 48.5 Å². The number of ether oxygens (including phenoxy) is 1. The van der Waals surface area contributed by atoms with Gasteiger partial charge in [-0.05, 0) is 103 Å². The number of anilines is 1. The van der Waals surface area contributed by atoms with E-state index >= 15 is 0 Å². The number of nitrogens with zero attached hydrogens (tertiary/aromatic N) is 1. The molecule has 1 saturated heterocycles. The summed E-state index contributed by atoms with van der Waals surface area (Å²) < 4.78 is 24.7. The van der Waals surface area contributed by atoms with E-state index in [4.69, 9.17) is 21.4 Å². The SMILES string of the molecule is O=C1NC(=S)N(c2ccc(Oc3ccccc3)cc2)C(=O)/C1=C/c1ccc2oc(C(=O)c3ccc(F)cc3)cc2c1. The number of carbonyl (C=O) groups is 3. The van der Waals surface area contributed by atoms with E-state index in [1.807, 2.05) is 30.3 Å². The van der Waals surface area contributed by atoms with E-state index in [0.29, 0.717) is 33.7 Å². The van der Waals surface area contributed by atoms with Gasteiger partial charge in [-0.1, -0.05) is 24.3 Å². The molecule has 1 N–H and O–H groups in total. The number of fused-ring (bicyclic) bond motifs is 1. The van der Waals surface area contributed by atoms with Crippen LogP contribution in [-0.2, 0) is 9.59 Å². The number of hydrogen-bond donors (Lipinski definition) is 1. The lowest BCUT2D eigenvalue weighted by atomic mass is 10.0. The first kappa shape index (κ1) is 25.8. The van der Waals surface area contributed by atoms with Gasteiger partial charge in [-0.2, -0.15) is 0 Å². The van der Waals surface area contributed by atoms with Crippen LogP contribution in [0.25, 0.3) is 17.0 Å². The van der Waals surface area contributed by atoms with Gasteiger partial charge in [0.1, 0.15) is 28.5 Å². The molecule has 0 unspecified atom stereocenters. The van der Waals surface area contributed by atoms with Gasteiger partial charge >= 0.3 is 0 Å². The number of nitrogens with one attached hydrogen (secondary N) is 1. The third-order valence-corrected chi connectivity index (χ3v) is 6.64. The van der Waals surface area contributed by atoms with Gasteiger partial charge in [0.25, 0.3) is 11.8 Å². The maximum atomic E-state index is 13.5. The van der Waals surface area contributed by atoms with Gasteiger partial charge in [0, 0.05) is 10.9 Å². The summed E-state index contributed by atoms with van der Waals surface area (Å²) in [6.45, 7) is 0. The van der Waals surface area contributed by atoms with Gasteiger partial charge in [-0.15, -0.1) is 0 Å². The van der Waals surface area contributed by atoms with Crippen molar-refractivity contribution in [3.05, 3.63) is 131 Å². The highest BCUT2D eigenvalue weighted by molar-refractivity contribution is 7.80. The Hall–Kier alpha value is -5.41. The highest BCUT2D eigenvalue weighted by Gasteiger charge is 2.34. The second-order valence-corrected chi connectivity index (χ2v) is 9.50. The van der Waals surface area contributed by atoms with E-state index in [2.05, 4.69) is 5.32 Å². The minimum absolute atomic E-state index is 0.0388. The number of hydrogen-bond acceptors (Lipinski definition) is 6. The number of thiocarbonyl (C=S) groups is 1. The summed E-state index contributed by atoms with van der Waals surface area (Å²) in [6.07, 6.45) is 1.45. The molecule has 2 heterocycles. The number of carbonyl (C=O) groups excluding carboxylic acids is 3. The molecule has 7 nitrogen and oxygen atoms in total. The summed E-state index contributed by atoms with van der Waals surface area (Å²) in [4.78, 5) is 40.2. The minimum atomic E-state index is -0.625. The van der Waals surface area contributed by atoms with Gasteiger partial charge in [-0.25, -0.2) is 4.39 Å². The van der Waals surface area contributed by atoms with Crippen molar-refractivity contribution in [2.75, 3.05) is 4.90 Å². The highest BCUT2D eigenvalue weighted by atomic mass is 32.1. The van der Waals surface area contributed by atoms with Crippen LogP contribution >= 0.6 is 12.2 Å². The Bertz CT molecular complexity index is 1860. The summed E-state index contributed by atoms with van der Waals surface area (Å²) in [7, 11) is 0. The van der Waals surface area contributed by atoms with E-state index in [9.17, 15) is 18.8 Å². The Kier molecular flexibility index (Phi) is 6.70. The monoisotopic (exact) mass is 562 g/mol.